The highest BCUT2D eigenvalue weighted by atomic mass is 32.1. The van der Waals surface area contributed by atoms with Crippen LogP contribution in [-0.2, 0) is 22.4 Å². The summed E-state index contributed by atoms with van der Waals surface area (Å²) in [6.45, 7) is 4.29. The number of amides is 2. The summed E-state index contributed by atoms with van der Waals surface area (Å²) in [4.78, 5) is 40.1. The fraction of sp³-hybridized carbons (Fsp3) is 0.400. The topological polar surface area (TPSA) is 116 Å². The first-order valence-electron chi connectivity index (χ1n) is 12.3. The summed E-state index contributed by atoms with van der Waals surface area (Å²) < 4.78 is 5.09. The molecule has 1 saturated heterocycles. The monoisotopic (exact) mass is 505 g/mol. The Morgan fingerprint density at radius 2 is 2.03 bits per heavy atom. The minimum absolute atomic E-state index is 0.0485. The number of rotatable bonds is 4. The lowest BCUT2D eigenvalue weighted by Gasteiger charge is -2.36. The second kappa shape index (κ2) is 9.38. The van der Waals surface area contributed by atoms with Crippen molar-refractivity contribution in [1.82, 2.24) is 30.0 Å². The molecule has 0 saturated carbocycles. The highest BCUT2D eigenvalue weighted by molar-refractivity contribution is 7.19. The number of anilines is 2. The van der Waals surface area contributed by atoms with Gasteiger partial charge in [0.2, 0.25) is 5.91 Å². The second-order valence-corrected chi connectivity index (χ2v) is 10.2. The van der Waals surface area contributed by atoms with Crippen LogP contribution in [0.4, 0.5) is 16.3 Å². The van der Waals surface area contributed by atoms with Crippen LogP contribution in [0.1, 0.15) is 23.8 Å². The maximum atomic E-state index is 13.3. The van der Waals surface area contributed by atoms with E-state index in [-0.39, 0.29) is 17.9 Å². The first-order chi connectivity index (χ1) is 17.6. The van der Waals surface area contributed by atoms with Gasteiger partial charge in [-0.25, -0.2) is 14.8 Å². The third kappa shape index (κ3) is 4.13. The maximum absolute atomic E-state index is 13.3. The standard InChI is InChI=1S/C25H27N7O3S/c1-2-35-25(34)32-9-7-31(8-10-32)24(33)15-3-5-18-20(12-15)36-23-21(18)22(26-14-27-23)29-17-4-6-19-16(11-17)13-28-30-19/h4,6,11,13-15H,2-3,5,7-10,12H2,1H3,(H,28,30)(H,26,27,29)/t15-/m0/s1. The van der Waals surface area contributed by atoms with E-state index >= 15 is 0 Å². The molecule has 4 heterocycles. The van der Waals surface area contributed by atoms with Crippen molar-refractivity contribution in [3.63, 3.8) is 0 Å². The molecule has 2 aliphatic rings. The molecule has 11 heteroatoms. The van der Waals surface area contributed by atoms with E-state index in [0.717, 1.165) is 45.5 Å². The van der Waals surface area contributed by atoms with E-state index < -0.39 is 0 Å². The fourth-order valence-corrected chi connectivity index (χ4v) is 6.42. The molecule has 0 bridgehead atoms. The third-order valence-corrected chi connectivity index (χ3v) is 8.18. The average molecular weight is 506 g/mol. The maximum Gasteiger partial charge on any atom is 0.409 e. The molecule has 4 aromatic rings. The molecule has 36 heavy (non-hydrogen) atoms. The Morgan fingerprint density at radius 1 is 1.19 bits per heavy atom. The van der Waals surface area contributed by atoms with E-state index in [2.05, 4.69) is 25.5 Å². The number of benzene rings is 1. The lowest BCUT2D eigenvalue weighted by molar-refractivity contribution is -0.137. The summed E-state index contributed by atoms with van der Waals surface area (Å²) in [7, 11) is 0. The van der Waals surface area contributed by atoms with E-state index in [1.807, 2.05) is 23.1 Å². The molecule has 0 radical (unpaired) electrons. The van der Waals surface area contributed by atoms with Crippen LogP contribution in [0.5, 0.6) is 0 Å². The van der Waals surface area contributed by atoms with Gasteiger partial charge in [-0.1, -0.05) is 0 Å². The van der Waals surface area contributed by atoms with Gasteiger partial charge in [-0.2, -0.15) is 5.10 Å². The van der Waals surface area contributed by atoms with Crippen LogP contribution in [0.15, 0.2) is 30.7 Å². The Morgan fingerprint density at radius 3 is 2.86 bits per heavy atom. The number of ether oxygens (including phenoxy) is 1. The zero-order chi connectivity index (χ0) is 24.6. The molecule has 0 unspecified atom stereocenters. The predicted molar refractivity (Wildman–Crippen MR) is 137 cm³/mol. The van der Waals surface area contributed by atoms with E-state index in [4.69, 9.17) is 4.74 Å². The Kier molecular flexibility index (Phi) is 5.92. The molecule has 0 spiro atoms. The summed E-state index contributed by atoms with van der Waals surface area (Å²) in [6.07, 6.45) is 5.42. The van der Waals surface area contributed by atoms with E-state index in [0.29, 0.717) is 39.2 Å². The van der Waals surface area contributed by atoms with Gasteiger partial charge in [-0.15, -0.1) is 11.3 Å². The highest BCUT2D eigenvalue weighted by Gasteiger charge is 2.33. The summed E-state index contributed by atoms with van der Waals surface area (Å²) in [6, 6.07) is 6.04. The Hall–Kier alpha value is -3.73. The number of nitrogens with one attached hydrogen (secondary N) is 2. The number of hydrogen-bond donors (Lipinski definition) is 2. The van der Waals surface area contributed by atoms with Gasteiger partial charge in [0.05, 0.1) is 23.7 Å². The van der Waals surface area contributed by atoms with Gasteiger partial charge in [0.1, 0.15) is 17.0 Å². The molecule has 186 valence electrons. The van der Waals surface area contributed by atoms with Crippen molar-refractivity contribution in [1.29, 1.82) is 0 Å². The van der Waals surface area contributed by atoms with Crippen molar-refractivity contribution in [2.45, 2.75) is 26.2 Å². The molecule has 1 aliphatic heterocycles. The van der Waals surface area contributed by atoms with Crippen LogP contribution in [-0.4, -0.2) is 74.8 Å². The van der Waals surface area contributed by atoms with Crippen molar-refractivity contribution >= 4 is 56.0 Å². The SMILES string of the molecule is CCOC(=O)N1CCN(C(=O)[C@H]2CCc3c(sc4ncnc(Nc5ccc6[nH]ncc6c5)c34)C2)CC1. The minimum Gasteiger partial charge on any atom is -0.450 e. The van der Waals surface area contributed by atoms with Crippen molar-refractivity contribution in [2.24, 2.45) is 5.92 Å². The van der Waals surface area contributed by atoms with Gasteiger partial charge in [0.25, 0.3) is 0 Å². The van der Waals surface area contributed by atoms with E-state index in [1.54, 1.807) is 35.7 Å². The number of fused-ring (bicyclic) bond motifs is 4. The van der Waals surface area contributed by atoms with Crippen LogP contribution < -0.4 is 5.32 Å². The van der Waals surface area contributed by atoms with Gasteiger partial charge < -0.3 is 19.9 Å². The number of carbonyl (C=O) groups is 2. The number of carbonyl (C=O) groups excluding carboxylic acids is 2. The number of nitrogens with zero attached hydrogens (tertiary/aromatic N) is 5. The molecule has 2 amide bonds. The number of H-pyrrole nitrogens is 1. The first kappa shape index (κ1) is 22.7. The van der Waals surface area contributed by atoms with Crippen LogP contribution in [0.2, 0.25) is 0 Å². The number of aryl methyl sites for hydroxylation is 1. The Labute approximate surface area is 211 Å². The Balaban J connectivity index is 1.18. The molecule has 1 aromatic carbocycles. The summed E-state index contributed by atoms with van der Waals surface area (Å²) in [5.41, 5.74) is 3.17. The molecular weight excluding hydrogens is 478 g/mol. The molecule has 1 atom stereocenters. The van der Waals surface area contributed by atoms with Crippen molar-refractivity contribution < 1.29 is 14.3 Å². The lowest BCUT2D eigenvalue weighted by Crippen LogP contribution is -2.52. The third-order valence-electron chi connectivity index (χ3n) is 7.01. The largest absolute Gasteiger partial charge is 0.450 e. The van der Waals surface area contributed by atoms with Crippen molar-refractivity contribution in [3.8, 4) is 0 Å². The zero-order valence-corrected chi connectivity index (χ0v) is 20.8. The van der Waals surface area contributed by atoms with E-state index in [1.165, 1.54) is 10.4 Å². The van der Waals surface area contributed by atoms with Crippen LogP contribution in [0.3, 0.4) is 0 Å². The average Bonchev–Trinajstić information content (AvgIpc) is 3.52. The summed E-state index contributed by atoms with van der Waals surface area (Å²) in [5.74, 6) is 0.923. The lowest BCUT2D eigenvalue weighted by atomic mass is 9.86. The molecule has 10 nitrogen and oxygen atoms in total. The number of hydrogen-bond acceptors (Lipinski definition) is 8. The Bertz CT molecular complexity index is 1440. The smallest absolute Gasteiger partial charge is 0.409 e. The van der Waals surface area contributed by atoms with E-state index in [9.17, 15) is 9.59 Å². The number of aromatic nitrogens is 4. The van der Waals surface area contributed by atoms with Crippen LogP contribution in [0.25, 0.3) is 21.1 Å². The first-order valence-corrected chi connectivity index (χ1v) is 13.1. The van der Waals surface area contributed by atoms with Gasteiger partial charge in [0.15, 0.2) is 0 Å². The molecule has 2 N–H and O–H groups in total. The van der Waals surface area contributed by atoms with Crippen LogP contribution in [0, 0.1) is 5.92 Å². The summed E-state index contributed by atoms with van der Waals surface area (Å²) in [5, 5.41) is 12.6. The number of aromatic amines is 1. The van der Waals surface area contributed by atoms with Crippen LogP contribution >= 0.6 is 11.3 Å². The van der Waals surface area contributed by atoms with Gasteiger partial charge in [-0.3, -0.25) is 9.89 Å². The fourth-order valence-electron chi connectivity index (χ4n) is 5.16. The number of piperazine rings is 1. The van der Waals surface area contributed by atoms with Gasteiger partial charge in [0, 0.05) is 48.0 Å². The predicted octanol–water partition coefficient (Wildman–Crippen LogP) is 3.72. The normalized spacial score (nSPS) is 17.9. The van der Waals surface area contributed by atoms with Crippen molar-refractivity contribution in [3.05, 3.63) is 41.2 Å². The zero-order valence-electron chi connectivity index (χ0n) is 20.0. The minimum atomic E-state index is -0.299. The van der Waals surface area contributed by atoms with Gasteiger partial charge >= 0.3 is 6.09 Å². The molecule has 1 fully saturated rings. The highest BCUT2D eigenvalue weighted by Crippen LogP contribution is 2.41. The second-order valence-electron chi connectivity index (χ2n) is 9.15. The van der Waals surface area contributed by atoms with Crippen molar-refractivity contribution in [2.75, 3.05) is 38.1 Å². The quantitative estimate of drug-likeness (QED) is 0.434. The molecular formula is C25H27N7O3S. The number of thiophene rings is 1. The molecule has 6 rings (SSSR count). The molecule has 1 aliphatic carbocycles. The summed E-state index contributed by atoms with van der Waals surface area (Å²) >= 11 is 1.66. The molecule has 3 aromatic heterocycles. The van der Waals surface area contributed by atoms with Gasteiger partial charge in [-0.05, 0) is 49.9 Å².